The Hall–Kier alpha value is -1.91. The number of nitrogens with zero attached hydrogens (tertiary/aromatic N) is 3. The molecular weight excluding hydrogens is 379 g/mol. The lowest BCUT2D eigenvalue weighted by Gasteiger charge is -2.16. The Balaban J connectivity index is 1.46. The number of anilines is 1. The Kier molecular flexibility index (Phi) is 5.64. The van der Waals surface area contributed by atoms with Gasteiger partial charge in [0.1, 0.15) is 10.8 Å². The summed E-state index contributed by atoms with van der Waals surface area (Å²) in [6, 6.07) is 4.65. The molecule has 0 atom stereocenters. The normalized spacial score (nSPS) is 14.6. The molecule has 1 aromatic carbocycles. The standard InChI is InChI=1S/C16H19FN4O3S2/c1-21(26(23,24)13-8-6-12(17)7-9-13)10-2-3-14(22)18-16-20-19-15(25-16)11-4-5-11/h6-9,11H,2-5,10H2,1H3,(H,18,20,22). The molecule has 1 amide bonds. The zero-order valence-corrected chi connectivity index (χ0v) is 15.8. The zero-order chi connectivity index (χ0) is 18.7. The van der Waals surface area contributed by atoms with Gasteiger partial charge in [-0.15, -0.1) is 10.2 Å². The van der Waals surface area contributed by atoms with Crippen molar-refractivity contribution in [3.05, 3.63) is 35.1 Å². The second-order valence-corrected chi connectivity index (χ2v) is 9.21. The molecule has 0 aliphatic heterocycles. The summed E-state index contributed by atoms with van der Waals surface area (Å²) in [6.07, 6.45) is 2.77. The number of carbonyl (C=O) groups excluding carboxylic acids is 1. The summed E-state index contributed by atoms with van der Waals surface area (Å²) in [6.45, 7) is 0.177. The molecule has 7 nitrogen and oxygen atoms in total. The van der Waals surface area contributed by atoms with E-state index in [1.807, 2.05) is 0 Å². The van der Waals surface area contributed by atoms with E-state index in [4.69, 9.17) is 0 Å². The van der Waals surface area contributed by atoms with Gasteiger partial charge >= 0.3 is 0 Å². The smallest absolute Gasteiger partial charge is 0.242 e. The van der Waals surface area contributed by atoms with Crippen LogP contribution in [0.15, 0.2) is 29.2 Å². The fourth-order valence-electron chi connectivity index (χ4n) is 2.33. The fraction of sp³-hybridized carbons (Fsp3) is 0.438. The predicted molar refractivity (Wildman–Crippen MR) is 96.0 cm³/mol. The molecule has 0 saturated heterocycles. The van der Waals surface area contributed by atoms with Crippen LogP contribution in [0.25, 0.3) is 0 Å². The van der Waals surface area contributed by atoms with Gasteiger partial charge in [-0.2, -0.15) is 0 Å². The summed E-state index contributed by atoms with van der Waals surface area (Å²) in [4.78, 5) is 12.0. The Labute approximate surface area is 155 Å². The number of amides is 1. The Morgan fingerprint density at radius 3 is 2.65 bits per heavy atom. The van der Waals surface area contributed by atoms with E-state index in [1.54, 1.807) is 0 Å². The van der Waals surface area contributed by atoms with Crippen LogP contribution in [0.5, 0.6) is 0 Å². The van der Waals surface area contributed by atoms with E-state index in [0.717, 1.165) is 34.3 Å². The summed E-state index contributed by atoms with van der Waals surface area (Å²) < 4.78 is 38.8. The van der Waals surface area contributed by atoms with Crippen molar-refractivity contribution in [3.8, 4) is 0 Å². The molecule has 1 fully saturated rings. The van der Waals surface area contributed by atoms with Crippen LogP contribution in [0.4, 0.5) is 9.52 Å². The van der Waals surface area contributed by atoms with Gasteiger partial charge in [0.05, 0.1) is 4.90 Å². The minimum Gasteiger partial charge on any atom is -0.301 e. The maximum Gasteiger partial charge on any atom is 0.242 e. The predicted octanol–water partition coefficient (Wildman–Crippen LogP) is 2.59. The highest BCUT2D eigenvalue weighted by atomic mass is 32.2. The molecule has 140 valence electrons. The number of nitrogens with one attached hydrogen (secondary N) is 1. The molecule has 0 bridgehead atoms. The first kappa shape index (κ1) is 18.9. The average molecular weight is 398 g/mol. The molecule has 10 heteroatoms. The van der Waals surface area contributed by atoms with Crippen molar-refractivity contribution in [2.24, 2.45) is 0 Å². The highest BCUT2D eigenvalue weighted by Crippen LogP contribution is 2.42. The Morgan fingerprint density at radius 1 is 1.31 bits per heavy atom. The second-order valence-electron chi connectivity index (χ2n) is 6.15. The van der Waals surface area contributed by atoms with Gasteiger partial charge in [0.25, 0.3) is 0 Å². The Morgan fingerprint density at radius 2 is 2.00 bits per heavy atom. The topological polar surface area (TPSA) is 92.3 Å². The lowest BCUT2D eigenvalue weighted by molar-refractivity contribution is -0.116. The lowest BCUT2D eigenvalue weighted by Crippen LogP contribution is -2.28. The summed E-state index contributed by atoms with van der Waals surface area (Å²) >= 11 is 1.38. The number of benzene rings is 1. The lowest BCUT2D eigenvalue weighted by atomic mass is 10.3. The van der Waals surface area contributed by atoms with Crippen LogP contribution < -0.4 is 5.32 Å². The van der Waals surface area contributed by atoms with Crippen LogP contribution in [0.1, 0.15) is 36.6 Å². The third kappa shape index (κ3) is 4.63. The first-order chi connectivity index (χ1) is 12.4. The van der Waals surface area contributed by atoms with Crippen LogP contribution >= 0.6 is 11.3 Å². The second kappa shape index (κ2) is 7.77. The first-order valence-electron chi connectivity index (χ1n) is 8.21. The number of carbonyl (C=O) groups is 1. The number of hydrogen-bond donors (Lipinski definition) is 1. The van der Waals surface area contributed by atoms with Crippen LogP contribution in [0, 0.1) is 5.82 Å². The van der Waals surface area contributed by atoms with Crippen molar-refractivity contribution in [3.63, 3.8) is 0 Å². The maximum absolute atomic E-state index is 12.9. The molecule has 2 aromatic rings. The van der Waals surface area contributed by atoms with Crippen LogP contribution in [0.3, 0.4) is 0 Å². The molecule has 1 N–H and O–H groups in total. The van der Waals surface area contributed by atoms with E-state index in [-0.39, 0.29) is 23.8 Å². The van der Waals surface area contributed by atoms with Gasteiger partial charge in [-0.1, -0.05) is 11.3 Å². The minimum absolute atomic E-state index is 0.0207. The largest absolute Gasteiger partial charge is 0.301 e. The number of rotatable bonds is 8. The monoisotopic (exact) mass is 398 g/mol. The number of sulfonamides is 1. The number of hydrogen-bond acceptors (Lipinski definition) is 6. The van der Waals surface area contributed by atoms with Gasteiger partial charge in [0.2, 0.25) is 21.1 Å². The van der Waals surface area contributed by atoms with Crippen LogP contribution in [-0.2, 0) is 14.8 Å². The van der Waals surface area contributed by atoms with E-state index in [0.29, 0.717) is 17.5 Å². The van der Waals surface area contributed by atoms with E-state index in [1.165, 1.54) is 30.5 Å². The van der Waals surface area contributed by atoms with E-state index < -0.39 is 15.8 Å². The van der Waals surface area contributed by atoms with Crippen molar-refractivity contribution in [2.45, 2.75) is 36.5 Å². The van der Waals surface area contributed by atoms with Gasteiger partial charge in [-0.05, 0) is 43.5 Å². The van der Waals surface area contributed by atoms with E-state index in [9.17, 15) is 17.6 Å². The van der Waals surface area contributed by atoms with Gasteiger partial charge < -0.3 is 5.32 Å². The number of aromatic nitrogens is 2. The maximum atomic E-state index is 12.9. The van der Waals surface area contributed by atoms with Crippen molar-refractivity contribution in [1.29, 1.82) is 0 Å². The van der Waals surface area contributed by atoms with Crippen molar-refractivity contribution < 1.29 is 17.6 Å². The molecule has 1 aromatic heterocycles. The van der Waals surface area contributed by atoms with Gasteiger partial charge in [-0.3, -0.25) is 4.79 Å². The average Bonchev–Trinajstić information content (AvgIpc) is 3.35. The first-order valence-corrected chi connectivity index (χ1v) is 10.5. The third-order valence-electron chi connectivity index (χ3n) is 4.01. The molecule has 0 radical (unpaired) electrons. The molecule has 1 aliphatic rings. The summed E-state index contributed by atoms with van der Waals surface area (Å²) in [5.74, 6) is -0.232. The highest BCUT2D eigenvalue weighted by Gasteiger charge is 2.27. The van der Waals surface area contributed by atoms with Crippen molar-refractivity contribution in [1.82, 2.24) is 14.5 Å². The van der Waals surface area contributed by atoms with E-state index >= 15 is 0 Å². The molecule has 0 spiro atoms. The van der Waals surface area contributed by atoms with Gasteiger partial charge in [-0.25, -0.2) is 17.1 Å². The molecule has 1 heterocycles. The van der Waals surface area contributed by atoms with Crippen LogP contribution in [-0.4, -0.2) is 42.4 Å². The van der Waals surface area contributed by atoms with Gasteiger partial charge in [0.15, 0.2) is 0 Å². The fourth-order valence-corrected chi connectivity index (χ4v) is 4.47. The van der Waals surface area contributed by atoms with Gasteiger partial charge in [0, 0.05) is 25.9 Å². The van der Waals surface area contributed by atoms with Crippen molar-refractivity contribution >= 4 is 32.4 Å². The van der Waals surface area contributed by atoms with Crippen LogP contribution in [0.2, 0.25) is 0 Å². The molecule has 3 rings (SSSR count). The molecule has 1 saturated carbocycles. The molecule has 1 aliphatic carbocycles. The minimum atomic E-state index is -3.70. The quantitative estimate of drug-likeness (QED) is 0.738. The Bertz CT molecular complexity index is 879. The molecule has 0 unspecified atom stereocenters. The zero-order valence-electron chi connectivity index (χ0n) is 14.2. The molecular formula is C16H19FN4O3S2. The summed E-state index contributed by atoms with van der Waals surface area (Å²) in [5, 5.41) is 12.1. The van der Waals surface area contributed by atoms with E-state index in [2.05, 4.69) is 15.5 Å². The summed E-state index contributed by atoms with van der Waals surface area (Å²) in [7, 11) is -2.26. The third-order valence-corrected chi connectivity index (χ3v) is 6.88. The summed E-state index contributed by atoms with van der Waals surface area (Å²) in [5.41, 5.74) is 0. The highest BCUT2D eigenvalue weighted by molar-refractivity contribution is 7.89. The van der Waals surface area contributed by atoms with Crippen molar-refractivity contribution in [2.75, 3.05) is 18.9 Å². The number of halogens is 1. The SMILES string of the molecule is CN(CCCC(=O)Nc1nnc(C2CC2)s1)S(=O)(=O)c1ccc(F)cc1. The molecule has 26 heavy (non-hydrogen) atoms.